The molecule has 6 nitrogen and oxygen atoms in total. The first-order valence-corrected chi connectivity index (χ1v) is 4.40. The summed E-state index contributed by atoms with van der Waals surface area (Å²) < 4.78 is 0. The van der Waals surface area contributed by atoms with Gasteiger partial charge in [0, 0.05) is 21.7 Å². The first-order chi connectivity index (χ1) is 6.13. The topological polar surface area (TPSA) is 86.3 Å². The van der Waals surface area contributed by atoms with Crippen LogP contribution < -0.4 is 0 Å². The third-order valence-corrected chi connectivity index (χ3v) is 3.99. The number of rotatable bonds is 2. The van der Waals surface area contributed by atoms with Gasteiger partial charge >= 0.3 is 0 Å². The van der Waals surface area contributed by atoms with Crippen LogP contribution in [0.5, 0.6) is 0 Å². The molecule has 0 radical (unpaired) electrons. The van der Waals surface area contributed by atoms with Crippen LogP contribution in [-0.4, -0.2) is 21.9 Å². The van der Waals surface area contributed by atoms with Crippen LogP contribution in [0.4, 0.5) is 0 Å². The number of hydrogen-bond acceptors (Lipinski definition) is 4. The van der Waals surface area contributed by atoms with Gasteiger partial charge < -0.3 is 0 Å². The van der Waals surface area contributed by atoms with Crippen LogP contribution in [0.2, 0.25) is 0 Å². The van der Waals surface area contributed by atoms with Crippen LogP contribution in [0.3, 0.4) is 0 Å². The number of nitro groups is 2. The fourth-order valence-electron chi connectivity index (χ4n) is 3.66. The Hall–Kier alpha value is -1.20. The van der Waals surface area contributed by atoms with Crippen molar-refractivity contribution in [3.63, 3.8) is 0 Å². The van der Waals surface area contributed by atoms with Crippen LogP contribution in [0.15, 0.2) is 0 Å². The van der Waals surface area contributed by atoms with Crippen LogP contribution >= 0.6 is 0 Å². The van der Waals surface area contributed by atoms with E-state index in [1.807, 2.05) is 0 Å². The summed E-state index contributed by atoms with van der Waals surface area (Å²) in [4.78, 5) is 20.6. The van der Waals surface area contributed by atoms with E-state index in [2.05, 4.69) is 0 Å². The van der Waals surface area contributed by atoms with Gasteiger partial charge in [-0.15, -0.1) is 0 Å². The molecule has 4 saturated carbocycles. The highest BCUT2D eigenvalue weighted by Gasteiger charge is 2.83. The normalized spacial score (nSPS) is 55.1. The smallest absolute Gasteiger partial charge is 0.226 e. The van der Waals surface area contributed by atoms with Crippen molar-refractivity contribution in [2.45, 2.75) is 18.5 Å². The van der Waals surface area contributed by atoms with Crippen molar-refractivity contribution in [2.75, 3.05) is 0 Å². The Kier molecular flexibility index (Phi) is 1.02. The Balaban J connectivity index is 1.94. The van der Waals surface area contributed by atoms with E-state index in [0.717, 1.165) is 0 Å². The van der Waals surface area contributed by atoms with Gasteiger partial charge in [-0.2, -0.15) is 0 Å². The Morgan fingerprint density at radius 1 is 0.923 bits per heavy atom. The highest BCUT2D eigenvalue weighted by molar-refractivity contribution is 5.21. The summed E-state index contributed by atoms with van der Waals surface area (Å²) in [5.74, 6) is 0.103. The van der Waals surface area contributed by atoms with Crippen molar-refractivity contribution in [3.05, 3.63) is 20.2 Å². The molecule has 4 bridgehead atoms. The molecule has 0 N–H and O–H groups in total. The van der Waals surface area contributed by atoms with Gasteiger partial charge in [0.1, 0.15) is 0 Å². The van der Waals surface area contributed by atoms with Gasteiger partial charge in [0.15, 0.2) is 0 Å². The van der Waals surface area contributed by atoms with Crippen molar-refractivity contribution >= 4 is 0 Å². The summed E-state index contributed by atoms with van der Waals surface area (Å²) in [5, 5.41) is 21.3. The standard InChI is InChI=1S/C7H8N2O4/c10-8(11)6-3-1-2-4(6)5(2)7(3)9(12)13/h2-7H,1H2/t2?,3?,4?,5?,6-,7+. The maximum atomic E-state index is 10.6. The van der Waals surface area contributed by atoms with Crippen molar-refractivity contribution in [2.24, 2.45) is 23.7 Å². The molecule has 13 heavy (non-hydrogen) atoms. The van der Waals surface area contributed by atoms with Gasteiger partial charge in [-0.05, 0) is 12.3 Å². The minimum absolute atomic E-state index is 0.0374. The van der Waals surface area contributed by atoms with Crippen molar-refractivity contribution in [1.29, 1.82) is 0 Å². The summed E-state index contributed by atoms with van der Waals surface area (Å²) >= 11 is 0. The molecule has 0 heterocycles. The second-order valence-electron chi connectivity index (χ2n) is 4.27. The van der Waals surface area contributed by atoms with Gasteiger partial charge in [0.25, 0.3) is 0 Å². The largest absolute Gasteiger partial charge is 0.264 e. The lowest BCUT2D eigenvalue weighted by Crippen LogP contribution is -2.31. The first-order valence-electron chi connectivity index (χ1n) is 4.40. The van der Waals surface area contributed by atoms with Crippen molar-refractivity contribution < 1.29 is 9.85 Å². The van der Waals surface area contributed by atoms with Crippen LogP contribution in [0.1, 0.15) is 6.42 Å². The third-order valence-electron chi connectivity index (χ3n) is 3.99. The lowest BCUT2D eigenvalue weighted by Gasteiger charge is -2.07. The van der Waals surface area contributed by atoms with Crippen LogP contribution in [-0.2, 0) is 0 Å². The number of nitrogens with zero attached hydrogens (tertiary/aromatic N) is 2. The highest BCUT2D eigenvalue weighted by Crippen LogP contribution is 2.71. The molecule has 0 saturated heterocycles. The second kappa shape index (κ2) is 1.83. The highest BCUT2D eigenvalue weighted by atomic mass is 16.6. The minimum Gasteiger partial charge on any atom is -0.264 e. The molecule has 0 amide bonds. The lowest BCUT2D eigenvalue weighted by atomic mass is 10.0. The summed E-state index contributed by atoms with van der Waals surface area (Å²) in [5.41, 5.74) is 0. The molecular formula is C7H8N2O4. The van der Waals surface area contributed by atoms with Gasteiger partial charge in [-0.25, -0.2) is 0 Å². The molecular weight excluding hydrogens is 176 g/mol. The molecule has 0 spiro atoms. The zero-order chi connectivity index (χ0) is 9.33. The van der Waals surface area contributed by atoms with Gasteiger partial charge in [-0.1, -0.05) is 0 Å². The fraction of sp³-hybridized carbons (Fsp3) is 1.00. The Bertz CT molecular complexity index is 290. The molecule has 0 aromatic heterocycles. The predicted octanol–water partition coefficient (Wildman–Crippen LogP) is 0.173. The maximum absolute atomic E-state index is 10.6. The SMILES string of the molecule is O=[N+]([O-])[C@@H]1C2C3CC1[C@@H]([N+](=O)[O-])C32. The molecule has 4 aliphatic rings. The summed E-state index contributed by atoms with van der Waals surface area (Å²) in [6.45, 7) is 0. The number of hydrogen-bond donors (Lipinski definition) is 0. The van der Waals surface area contributed by atoms with Crippen molar-refractivity contribution in [3.8, 4) is 0 Å². The van der Waals surface area contributed by atoms with E-state index in [1.54, 1.807) is 0 Å². The van der Waals surface area contributed by atoms with E-state index >= 15 is 0 Å². The quantitative estimate of drug-likeness (QED) is 0.452. The lowest BCUT2D eigenvalue weighted by molar-refractivity contribution is -0.560. The average Bonchev–Trinajstić information content (AvgIpc) is 2.50. The summed E-state index contributed by atoms with van der Waals surface area (Å²) in [6, 6.07) is -1.21. The third kappa shape index (κ3) is 0.618. The molecule has 6 heteroatoms. The Labute approximate surface area is 73.2 Å². The molecule has 6 atom stereocenters. The van der Waals surface area contributed by atoms with Gasteiger partial charge in [0.05, 0.1) is 5.92 Å². The zero-order valence-corrected chi connectivity index (χ0v) is 6.70. The maximum Gasteiger partial charge on any atom is 0.226 e. The minimum atomic E-state index is -0.606. The van der Waals surface area contributed by atoms with Gasteiger partial charge in [-0.3, -0.25) is 20.2 Å². The zero-order valence-electron chi connectivity index (χ0n) is 6.70. The second-order valence-corrected chi connectivity index (χ2v) is 4.27. The van der Waals surface area contributed by atoms with Crippen LogP contribution in [0.25, 0.3) is 0 Å². The van der Waals surface area contributed by atoms with E-state index in [0.29, 0.717) is 12.3 Å². The molecule has 0 aliphatic heterocycles. The summed E-state index contributed by atoms with van der Waals surface area (Å²) in [6.07, 6.45) is 0.715. The van der Waals surface area contributed by atoms with Gasteiger partial charge in [0.2, 0.25) is 12.1 Å². The molecule has 4 unspecified atom stereocenters. The molecule has 4 rings (SSSR count). The Morgan fingerprint density at radius 2 is 1.38 bits per heavy atom. The van der Waals surface area contributed by atoms with E-state index < -0.39 is 12.1 Å². The molecule has 4 fully saturated rings. The van der Waals surface area contributed by atoms with E-state index in [9.17, 15) is 20.2 Å². The Morgan fingerprint density at radius 3 is 1.62 bits per heavy atom. The van der Waals surface area contributed by atoms with E-state index in [-0.39, 0.29) is 27.6 Å². The molecule has 0 aromatic rings. The first kappa shape index (κ1) is 7.23. The van der Waals surface area contributed by atoms with Crippen LogP contribution in [0, 0.1) is 43.9 Å². The van der Waals surface area contributed by atoms with Crippen molar-refractivity contribution in [1.82, 2.24) is 0 Å². The fourth-order valence-corrected chi connectivity index (χ4v) is 3.66. The van der Waals surface area contributed by atoms with E-state index in [4.69, 9.17) is 0 Å². The molecule has 70 valence electrons. The monoisotopic (exact) mass is 184 g/mol. The summed E-state index contributed by atoms with van der Waals surface area (Å²) in [7, 11) is 0. The average molecular weight is 184 g/mol. The molecule has 4 aliphatic carbocycles. The molecule has 0 aromatic carbocycles. The predicted molar refractivity (Wildman–Crippen MR) is 40.1 cm³/mol. The van der Waals surface area contributed by atoms with E-state index in [1.165, 1.54) is 0 Å².